The molecule has 35 heavy (non-hydrogen) atoms. The van der Waals surface area contributed by atoms with Crippen molar-refractivity contribution in [3.63, 3.8) is 0 Å². The van der Waals surface area contributed by atoms with E-state index < -0.39 is 17.8 Å². The van der Waals surface area contributed by atoms with Crippen LogP contribution in [0.3, 0.4) is 0 Å². The van der Waals surface area contributed by atoms with Gasteiger partial charge in [-0.2, -0.15) is 0 Å². The quantitative estimate of drug-likeness (QED) is 0.295. The van der Waals surface area contributed by atoms with E-state index in [1.54, 1.807) is 7.11 Å². The molecule has 0 aliphatic heterocycles. The maximum Gasteiger partial charge on any atom is 0.169 e. The first-order valence-electron chi connectivity index (χ1n) is 12.8. The second-order valence-corrected chi connectivity index (χ2v) is 11.7. The fraction of sp³-hybridized carbons (Fsp3) is 0.692. The first-order valence-corrected chi connectivity index (χ1v) is 14.2. The SMILES string of the molecule is COC1CC(C2CCCc3nc(SCc4c(F)cncc4F)n(C4CCC(F)CC4)c32)CCC1Cl. The number of hydrogen-bond donors (Lipinski definition) is 0. The summed E-state index contributed by atoms with van der Waals surface area (Å²) in [5.41, 5.74) is 2.39. The third-order valence-electron chi connectivity index (χ3n) is 8.18. The summed E-state index contributed by atoms with van der Waals surface area (Å²) in [5, 5.41) is 0.842. The maximum absolute atomic E-state index is 14.3. The highest BCUT2D eigenvalue weighted by molar-refractivity contribution is 7.98. The number of rotatable bonds is 6. The summed E-state index contributed by atoms with van der Waals surface area (Å²) < 4.78 is 50.6. The van der Waals surface area contributed by atoms with Crippen molar-refractivity contribution in [2.24, 2.45) is 5.92 Å². The smallest absolute Gasteiger partial charge is 0.169 e. The molecule has 0 spiro atoms. The number of aryl methyl sites for hydroxylation is 1. The average Bonchev–Trinajstić information content (AvgIpc) is 3.23. The van der Waals surface area contributed by atoms with Crippen LogP contribution in [0.25, 0.3) is 0 Å². The van der Waals surface area contributed by atoms with Crippen molar-refractivity contribution in [2.75, 3.05) is 7.11 Å². The second kappa shape index (κ2) is 11.0. The van der Waals surface area contributed by atoms with Gasteiger partial charge in [-0.15, -0.1) is 11.6 Å². The van der Waals surface area contributed by atoms with Crippen molar-refractivity contribution in [1.82, 2.24) is 14.5 Å². The molecular weight excluding hydrogens is 495 g/mol. The highest BCUT2D eigenvalue weighted by atomic mass is 35.5. The molecule has 2 saturated carbocycles. The monoisotopic (exact) mass is 527 g/mol. The van der Waals surface area contributed by atoms with Gasteiger partial charge in [-0.1, -0.05) is 11.8 Å². The van der Waals surface area contributed by atoms with Gasteiger partial charge < -0.3 is 9.30 Å². The number of methoxy groups -OCH3 is 1. The number of nitrogens with zero attached hydrogens (tertiary/aromatic N) is 3. The highest BCUT2D eigenvalue weighted by Gasteiger charge is 2.40. The van der Waals surface area contributed by atoms with Crippen LogP contribution in [0.15, 0.2) is 17.6 Å². The summed E-state index contributed by atoms with van der Waals surface area (Å²) >= 11 is 7.91. The molecule has 3 aliphatic carbocycles. The number of halogens is 4. The Morgan fingerprint density at radius 1 is 1.09 bits per heavy atom. The van der Waals surface area contributed by atoms with Crippen LogP contribution in [0.4, 0.5) is 13.2 Å². The Kier molecular flexibility index (Phi) is 7.99. The molecule has 2 heterocycles. The van der Waals surface area contributed by atoms with E-state index in [9.17, 15) is 13.2 Å². The number of alkyl halides is 2. The lowest BCUT2D eigenvalue weighted by molar-refractivity contribution is 0.0457. The minimum atomic E-state index is -0.751. The van der Waals surface area contributed by atoms with E-state index in [0.29, 0.717) is 24.7 Å². The Balaban J connectivity index is 1.48. The summed E-state index contributed by atoms with van der Waals surface area (Å²) in [4.78, 5) is 8.63. The molecule has 2 aromatic rings. The molecule has 0 radical (unpaired) electrons. The zero-order chi connectivity index (χ0) is 24.5. The van der Waals surface area contributed by atoms with E-state index in [-0.39, 0.29) is 28.8 Å². The average molecular weight is 528 g/mol. The van der Waals surface area contributed by atoms with E-state index >= 15 is 0 Å². The summed E-state index contributed by atoms with van der Waals surface area (Å²) in [6.45, 7) is 0. The van der Waals surface area contributed by atoms with Crippen LogP contribution in [-0.2, 0) is 16.9 Å². The van der Waals surface area contributed by atoms with E-state index in [4.69, 9.17) is 21.3 Å². The number of pyridine rings is 1. The fourth-order valence-electron chi connectivity index (χ4n) is 6.32. The molecular formula is C26H33ClF3N3OS. The first kappa shape index (κ1) is 25.4. The lowest BCUT2D eigenvalue weighted by atomic mass is 9.72. The fourth-order valence-corrected chi connectivity index (χ4v) is 7.77. The van der Waals surface area contributed by atoms with Crippen LogP contribution in [0, 0.1) is 17.6 Å². The van der Waals surface area contributed by atoms with E-state index in [1.807, 2.05) is 0 Å². The molecule has 5 rings (SSSR count). The van der Waals surface area contributed by atoms with Gasteiger partial charge in [0.05, 0.1) is 29.6 Å². The van der Waals surface area contributed by atoms with Crippen LogP contribution < -0.4 is 0 Å². The predicted molar refractivity (Wildman–Crippen MR) is 132 cm³/mol. The van der Waals surface area contributed by atoms with Crippen molar-refractivity contribution in [3.05, 3.63) is 41.0 Å². The summed E-state index contributed by atoms with van der Waals surface area (Å²) in [7, 11) is 1.74. The molecule has 192 valence electrons. The van der Waals surface area contributed by atoms with Gasteiger partial charge in [-0.25, -0.2) is 18.2 Å². The second-order valence-electron chi connectivity index (χ2n) is 10.2. The predicted octanol–water partition coefficient (Wildman–Crippen LogP) is 7.14. The van der Waals surface area contributed by atoms with E-state index in [0.717, 1.165) is 74.6 Å². The van der Waals surface area contributed by atoms with Crippen LogP contribution in [-0.4, -0.2) is 39.3 Å². The lowest BCUT2D eigenvalue weighted by Gasteiger charge is -2.39. The van der Waals surface area contributed by atoms with Crippen LogP contribution in [0.1, 0.15) is 86.7 Å². The Morgan fingerprint density at radius 2 is 1.83 bits per heavy atom. The van der Waals surface area contributed by atoms with E-state index in [2.05, 4.69) is 9.55 Å². The molecule has 2 fully saturated rings. The first-order chi connectivity index (χ1) is 17.0. The molecule has 4 atom stereocenters. The van der Waals surface area contributed by atoms with Gasteiger partial charge in [0.15, 0.2) is 5.16 Å². The van der Waals surface area contributed by atoms with Crippen molar-refractivity contribution >= 4 is 23.4 Å². The number of thioether (sulfide) groups is 1. The minimum absolute atomic E-state index is 0.0184. The third kappa shape index (κ3) is 5.26. The Hall–Kier alpha value is -1.25. The number of aromatic nitrogens is 3. The molecule has 2 aromatic heterocycles. The van der Waals surface area contributed by atoms with Crippen molar-refractivity contribution < 1.29 is 17.9 Å². The normalized spacial score (nSPS) is 31.3. The Morgan fingerprint density at radius 3 is 2.54 bits per heavy atom. The van der Waals surface area contributed by atoms with E-state index in [1.165, 1.54) is 17.5 Å². The highest BCUT2D eigenvalue weighted by Crippen LogP contribution is 2.48. The number of imidazole rings is 1. The maximum atomic E-state index is 14.3. The topological polar surface area (TPSA) is 39.9 Å². The van der Waals surface area contributed by atoms with Gasteiger partial charge in [0.1, 0.15) is 17.8 Å². The molecule has 4 unspecified atom stereocenters. The van der Waals surface area contributed by atoms with Crippen LogP contribution >= 0.6 is 23.4 Å². The van der Waals surface area contributed by atoms with Gasteiger partial charge in [-0.3, -0.25) is 4.98 Å². The Bertz CT molecular complexity index is 1010. The molecule has 9 heteroatoms. The van der Waals surface area contributed by atoms with Gasteiger partial charge >= 0.3 is 0 Å². The summed E-state index contributed by atoms with van der Waals surface area (Å²) in [6.07, 6.45) is 9.98. The number of ether oxygens (including phenoxy) is 1. The Labute approximate surface area is 214 Å². The minimum Gasteiger partial charge on any atom is -0.380 e. The third-order valence-corrected chi connectivity index (χ3v) is 9.66. The molecule has 0 amide bonds. The van der Waals surface area contributed by atoms with Crippen LogP contribution in [0.2, 0.25) is 0 Å². The van der Waals surface area contributed by atoms with Crippen molar-refractivity contribution in [2.45, 2.75) is 105 Å². The molecule has 0 saturated heterocycles. The van der Waals surface area contributed by atoms with Gasteiger partial charge in [0.25, 0.3) is 0 Å². The zero-order valence-corrected chi connectivity index (χ0v) is 21.6. The van der Waals surface area contributed by atoms with Gasteiger partial charge in [-0.05, 0) is 70.1 Å². The molecule has 0 aromatic carbocycles. The van der Waals surface area contributed by atoms with Gasteiger partial charge in [0, 0.05) is 36.1 Å². The summed E-state index contributed by atoms with van der Waals surface area (Å²) in [6, 6.07) is 0.163. The zero-order valence-electron chi connectivity index (χ0n) is 20.1. The molecule has 3 aliphatic rings. The molecule has 4 nitrogen and oxygen atoms in total. The summed E-state index contributed by atoms with van der Waals surface area (Å²) in [5.74, 6) is -0.337. The lowest BCUT2D eigenvalue weighted by Crippen LogP contribution is -2.35. The molecule has 0 N–H and O–H groups in total. The van der Waals surface area contributed by atoms with Crippen LogP contribution in [0.5, 0.6) is 0 Å². The van der Waals surface area contributed by atoms with Crippen molar-refractivity contribution in [3.8, 4) is 0 Å². The number of hydrogen-bond acceptors (Lipinski definition) is 4. The molecule has 0 bridgehead atoms. The number of fused-ring (bicyclic) bond motifs is 1. The van der Waals surface area contributed by atoms with Gasteiger partial charge in [0.2, 0.25) is 0 Å². The largest absolute Gasteiger partial charge is 0.380 e. The van der Waals surface area contributed by atoms with Crippen molar-refractivity contribution in [1.29, 1.82) is 0 Å². The standard InChI is InChI=1S/C26H33ClF3N3OS/c1-34-24-11-15(5-10-20(24)27)18-3-2-4-23-25(18)33(17-8-6-16(28)7-9-17)26(32-23)35-14-19-21(29)12-31-13-22(19)30/h12-13,15-18,20,24H,2-11,14H2,1H3.